The summed E-state index contributed by atoms with van der Waals surface area (Å²) in [5.41, 5.74) is 5.50. The third kappa shape index (κ3) is 4.43. The Balaban J connectivity index is 2.37. The minimum Gasteiger partial charge on any atom is -0.368 e. The van der Waals surface area contributed by atoms with Gasteiger partial charge in [-0.1, -0.05) is 32.5 Å². The van der Waals surface area contributed by atoms with E-state index >= 15 is 0 Å². The Hall–Kier alpha value is -0.710. The van der Waals surface area contributed by atoms with E-state index in [1.54, 1.807) is 18.7 Å². The van der Waals surface area contributed by atoms with Crippen LogP contribution in [-0.2, 0) is 4.79 Å². The lowest BCUT2D eigenvalue weighted by Gasteiger charge is -2.21. The van der Waals surface area contributed by atoms with Crippen LogP contribution >= 0.6 is 11.8 Å². The summed E-state index contributed by atoms with van der Waals surface area (Å²) in [6, 6.07) is -0.348. The molecular formula is C11H21N3OS. The lowest BCUT2D eigenvalue weighted by Crippen LogP contribution is -2.40. The molecule has 5 heteroatoms. The Labute approximate surface area is 101 Å². The first kappa shape index (κ1) is 13.4. The van der Waals surface area contributed by atoms with Crippen LogP contribution in [0.5, 0.6) is 0 Å². The number of carbonyl (C=O) groups is 1. The summed E-state index contributed by atoms with van der Waals surface area (Å²) in [6.07, 6.45) is 1.12. The summed E-state index contributed by atoms with van der Waals surface area (Å²) in [5, 5.41) is 4.40. The molecule has 16 heavy (non-hydrogen) atoms. The Kier molecular flexibility index (Phi) is 4.24. The normalized spacial score (nSPS) is 22.8. The van der Waals surface area contributed by atoms with Gasteiger partial charge in [0, 0.05) is 5.25 Å². The maximum atomic E-state index is 10.9. The van der Waals surface area contributed by atoms with Gasteiger partial charge in [-0.25, -0.2) is 0 Å². The van der Waals surface area contributed by atoms with Gasteiger partial charge in [-0.2, -0.15) is 0 Å². The summed E-state index contributed by atoms with van der Waals surface area (Å²) in [6.45, 7) is 9.26. The van der Waals surface area contributed by atoms with Crippen LogP contribution in [-0.4, -0.2) is 28.9 Å². The number of amides is 1. The van der Waals surface area contributed by atoms with Crippen molar-refractivity contribution in [3.8, 4) is 0 Å². The van der Waals surface area contributed by atoms with Crippen molar-refractivity contribution in [2.45, 2.75) is 45.4 Å². The molecule has 1 heterocycles. The van der Waals surface area contributed by atoms with Gasteiger partial charge >= 0.3 is 0 Å². The molecule has 0 fully saturated rings. The molecule has 0 bridgehead atoms. The van der Waals surface area contributed by atoms with E-state index in [9.17, 15) is 4.79 Å². The van der Waals surface area contributed by atoms with Crippen LogP contribution in [0.2, 0.25) is 0 Å². The minimum atomic E-state index is -0.348. The van der Waals surface area contributed by atoms with E-state index < -0.39 is 0 Å². The van der Waals surface area contributed by atoms with Crippen LogP contribution in [0.25, 0.3) is 0 Å². The number of primary amides is 1. The second kappa shape index (κ2) is 5.08. The second-order valence-corrected chi connectivity index (χ2v) is 6.71. The monoisotopic (exact) mass is 243 g/mol. The van der Waals surface area contributed by atoms with E-state index in [1.807, 2.05) is 0 Å². The molecule has 1 aliphatic rings. The maximum absolute atomic E-state index is 10.9. The zero-order chi connectivity index (χ0) is 12.3. The van der Waals surface area contributed by atoms with E-state index in [0.717, 1.165) is 18.1 Å². The number of rotatable bonds is 3. The zero-order valence-electron chi connectivity index (χ0n) is 10.4. The first-order chi connectivity index (χ1) is 7.28. The molecule has 0 aromatic heterocycles. The summed E-state index contributed by atoms with van der Waals surface area (Å²) >= 11 is 1.71. The molecule has 1 aliphatic heterocycles. The Morgan fingerprint density at radius 3 is 2.81 bits per heavy atom. The molecule has 0 saturated heterocycles. The Morgan fingerprint density at radius 2 is 2.31 bits per heavy atom. The molecule has 0 saturated carbocycles. The van der Waals surface area contributed by atoms with Gasteiger partial charge in [-0.15, -0.1) is 0 Å². The molecule has 1 amide bonds. The SMILES string of the molecule is CC(NC1=NCC(CC(C)(C)C)S1)C(N)=O. The number of aliphatic imine (C=N–C) groups is 1. The van der Waals surface area contributed by atoms with Gasteiger partial charge in [0.05, 0.1) is 6.54 Å². The number of amidine groups is 1. The number of thioether (sulfide) groups is 1. The summed E-state index contributed by atoms with van der Waals surface area (Å²) in [7, 11) is 0. The highest BCUT2D eigenvalue weighted by atomic mass is 32.2. The van der Waals surface area contributed by atoms with Gasteiger partial charge in [0.15, 0.2) is 5.17 Å². The largest absolute Gasteiger partial charge is 0.368 e. The molecule has 92 valence electrons. The molecule has 3 N–H and O–H groups in total. The number of hydrogen-bond donors (Lipinski definition) is 2. The molecular weight excluding hydrogens is 222 g/mol. The average Bonchev–Trinajstić information content (AvgIpc) is 2.49. The van der Waals surface area contributed by atoms with E-state index in [4.69, 9.17) is 5.73 Å². The first-order valence-electron chi connectivity index (χ1n) is 5.55. The topological polar surface area (TPSA) is 67.5 Å². The minimum absolute atomic E-state index is 0.317. The van der Waals surface area contributed by atoms with Crippen LogP contribution in [0.4, 0.5) is 0 Å². The fraction of sp³-hybridized carbons (Fsp3) is 0.818. The lowest BCUT2D eigenvalue weighted by molar-refractivity contribution is -0.119. The fourth-order valence-electron chi connectivity index (χ4n) is 1.54. The third-order valence-corrected chi connectivity index (χ3v) is 3.44. The molecule has 0 spiro atoms. The molecule has 0 aliphatic carbocycles. The van der Waals surface area contributed by atoms with Crippen molar-refractivity contribution in [1.82, 2.24) is 5.32 Å². The van der Waals surface area contributed by atoms with E-state index in [1.165, 1.54) is 0 Å². The predicted molar refractivity (Wildman–Crippen MR) is 69.5 cm³/mol. The maximum Gasteiger partial charge on any atom is 0.239 e. The van der Waals surface area contributed by atoms with Crippen LogP contribution < -0.4 is 11.1 Å². The molecule has 2 atom stereocenters. The van der Waals surface area contributed by atoms with E-state index in [0.29, 0.717) is 10.7 Å². The number of nitrogens with two attached hydrogens (primary N) is 1. The third-order valence-electron chi connectivity index (χ3n) is 2.32. The van der Waals surface area contributed by atoms with Crippen LogP contribution in [0.1, 0.15) is 34.1 Å². The fourth-order valence-corrected chi connectivity index (χ4v) is 2.98. The van der Waals surface area contributed by atoms with Gasteiger partial charge in [0.2, 0.25) is 5.91 Å². The van der Waals surface area contributed by atoms with Gasteiger partial charge < -0.3 is 11.1 Å². The van der Waals surface area contributed by atoms with Crippen LogP contribution in [0.15, 0.2) is 4.99 Å². The van der Waals surface area contributed by atoms with E-state index in [-0.39, 0.29) is 11.9 Å². The number of carbonyl (C=O) groups excluding carboxylic acids is 1. The van der Waals surface area contributed by atoms with Crippen molar-refractivity contribution in [1.29, 1.82) is 0 Å². The number of hydrogen-bond acceptors (Lipinski definition) is 4. The molecule has 0 aromatic carbocycles. The quantitative estimate of drug-likeness (QED) is 0.786. The zero-order valence-corrected chi connectivity index (χ0v) is 11.2. The van der Waals surface area contributed by atoms with Crippen LogP contribution in [0, 0.1) is 5.41 Å². The molecule has 1 rings (SSSR count). The van der Waals surface area contributed by atoms with Crippen molar-refractivity contribution in [2.24, 2.45) is 16.1 Å². The Bertz CT molecular complexity index is 296. The Morgan fingerprint density at radius 1 is 1.69 bits per heavy atom. The van der Waals surface area contributed by atoms with Gasteiger partial charge in [0.25, 0.3) is 0 Å². The lowest BCUT2D eigenvalue weighted by atomic mass is 9.90. The van der Waals surface area contributed by atoms with Crippen molar-refractivity contribution >= 4 is 22.8 Å². The van der Waals surface area contributed by atoms with Crippen molar-refractivity contribution in [3.05, 3.63) is 0 Å². The highest BCUT2D eigenvalue weighted by molar-refractivity contribution is 8.14. The molecule has 0 radical (unpaired) electrons. The van der Waals surface area contributed by atoms with Crippen molar-refractivity contribution < 1.29 is 4.79 Å². The summed E-state index contributed by atoms with van der Waals surface area (Å²) in [4.78, 5) is 15.3. The first-order valence-corrected chi connectivity index (χ1v) is 6.43. The van der Waals surface area contributed by atoms with Crippen molar-refractivity contribution in [2.75, 3.05) is 6.54 Å². The highest BCUT2D eigenvalue weighted by Gasteiger charge is 2.26. The molecule has 0 aromatic rings. The summed E-state index contributed by atoms with van der Waals surface area (Å²) < 4.78 is 0. The standard InChI is InChI=1S/C11H21N3OS/c1-7(9(12)15)14-10-13-6-8(16-10)5-11(2,3)4/h7-8H,5-6H2,1-4H3,(H2,12,15)(H,13,14). The highest BCUT2D eigenvalue weighted by Crippen LogP contribution is 2.31. The number of nitrogens with one attached hydrogen (secondary N) is 1. The predicted octanol–water partition coefficient (Wildman–Crippen LogP) is 1.36. The van der Waals surface area contributed by atoms with Crippen LogP contribution in [0.3, 0.4) is 0 Å². The number of nitrogens with zero attached hydrogens (tertiary/aromatic N) is 1. The smallest absolute Gasteiger partial charge is 0.239 e. The van der Waals surface area contributed by atoms with E-state index in [2.05, 4.69) is 31.1 Å². The summed E-state index contributed by atoms with van der Waals surface area (Å²) in [5.74, 6) is -0.345. The second-order valence-electron chi connectivity index (χ2n) is 5.42. The van der Waals surface area contributed by atoms with Gasteiger partial charge in [0.1, 0.15) is 6.04 Å². The van der Waals surface area contributed by atoms with Crippen molar-refractivity contribution in [3.63, 3.8) is 0 Å². The average molecular weight is 243 g/mol. The van der Waals surface area contributed by atoms with Gasteiger partial charge in [-0.05, 0) is 18.8 Å². The molecule has 4 nitrogen and oxygen atoms in total. The molecule has 2 unspecified atom stereocenters. The van der Waals surface area contributed by atoms with Gasteiger partial charge in [-0.3, -0.25) is 9.79 Å².